The van der Waals surface area contributed by atoms with Crippen LogP contribution in [-0.4, -0.2) is 34.7 Å². The number of carboxylic acids is 1. The lowest BCUT2D eigenvalue weighted by Crippen LogP contribution is -2.50. The van der Waals surface area contributed by atoms with E-state index in [0.29, 0.717) is 0 Å². The molecule has 1 atom stereocenters. The largest absolute Gasteiger partial charge is 0.478 e. The SMILES string of the molecule is CC(=CC(=O)O)NC(=O)NC(C(=O)OC(C)(C)C)C(C)C. The van der Waals surface area contributed by atoms with Gasteiger partial charge in [0.25, 0.3) is 0 Å². The molecule has 0 spiro atoms. The number of hydrogen-bond acceptors (Lipinski definition) is 4. The van der Waals surface area contributed by atoms with E-state index >= 15 is 0 Å². The smallest absolute Gasteiger partial charge is 0.330 e. The molecule has 0 rings (SSSR count). The first-order valence-corrected chi connectivity index (χ1v) is 6.64. The highest BCUT2D eigenvalue weighted by molar-refractivity contribution is 5.86. The minimum atomic E-state index is -1.17. The minimum absolute atomic E-state index is 0.159. The van der Waals surface area contributed by atoms with Crippen LogP contribution < -0.4 is 10.6 Å². The molecule has 0 aliphatic rings. The molecule has 0 aromatic carbocycles. The molecular formula is C14H24N2O5. The molecule has 0 fully saturated rings. The second kappa shape index (κ2) is 7.66. The maximum atomic E-state index is 12.0. The molecule has 0 saturated heterocycles. The van der Waals surface area contributed by atoms with Gasteiger partial charge in [0.15, 0.2) is 0 Å². The normalized spacial score (nSPS) is 13.6. The summed E-state index contributed by atoms with van der Waals surface area (Å²) in [5.41, 5.74) is -0.492. The van der Waals surface area contributed by atoms with Gasteiger partial charge in [0.1, 0.15) is 11.6 Å². The van der Waals surface area contributed by atoms with E-state index in [-0.39, 0.29) is 11.6 Å². The Balaban J connectivity index is 4.76. The first-order valence-electron chi connectivity index (χ1n) is 6.64. The first-order chi connectivity index (χ1) is 9.42. The van der Waals surface area contributed by atoms with Gasteiger partial charge in [-0.05, 0) is 33.6 Å². The number of carboxylic acid groups (broad SMARTS) is 1. The zero-order valence-corrected chi connectivity index (χ0v) is 13.3. The molecule has 3 N–H and O–H groups in total. The lowest BCUT2D eigenvalue weighted by Gasteiger charge is -2.26. The number of allylic oxidation sites excluding steroid dienone is 1. The third-order valence-electron chi connectivity index (χ3n) is 2.26. The quantitative estimate of drug-likeness (QED) is 0.529. The van der Waals surface area contributed by atoms with Crippen LogP contribution in [0, 0.1) is 5.92 Å². The summed E-state index contributed by atoms with van der Waals surface area (Å²) in [5, 5.41) is 13.4. The number of hydrogen-bond donors (Lipinski definition) is 3. The minimum Gasteiger partial charge on any atom is -0.478 e. The Morgan fingerprint density at radius 3 is 2.10 bits per heavy atom. The van der Waals surface area contributed by atoms with Gasteiger partial charge in [-0.1, -0.05) is 13.8 Å². The summed E-state index contributed by atoms with van der Waals surface area (Å²) in [6, 6.07) is -1.48. The predicted octanol–water partition coefficient (Wildman–Crippen LogP) is 1.64. The molecule has 0 radical (unpaired) electrons. The summed E-state index contributed by atoms with van der Waals surface area (Å²) in [6.07, 6.45) is 0.859. The van der Waals surface area contributed by atoms with E-state index < -0.39 is 29.6 Å². The van der Waals surface area contributed by atoms with Crippen molar-refractivity contribution in [1.29, 1.82) is 0 Å². The monoisotopic (exact) mass is 300 g/mol. The van der Waals surface area contributed by atoms with Gasteiger partial charge in [-0.25, -0.2) is 14.4 Å². The van der Waals surface area contributed by atoms with E-state index in [4.69, 9.17) is 9.84 Å². The fourth-order valence-corrected chi connectivity index (χ4v) is 1.44. The maximum absolute atomic E-state index is 12.0. The third-order valence-corrected chi connectivity index (χ3v) is 2.26. The van der Waals surface area contributed by atoms with Gasteiger partial charge in [0.05, 0.1) is 0 Å². The van der Waals surface area contributed by atoms with Gasteiger partial charge in [-0.3, -0.25) is 0 Å². The van der Waals surface area contributed by atoms with Gasteiger partial charge in [0, 0.05) is 11.8 Å². The van der Waals surface area contributed by atoms with Crippen LogP contribution in [0.5, 0.6) is 0 Å². The van der Waals surface area contributed by atoms with Crippen molar-refractivity contribution in [3.63, 3.8) is 0 Å². The summed E-state index contributed by atoms with van der Waals surface area (Å²) >= 11 is 0. The summed E-state index contributed by atoms with van der Waals surface area (Å²) < 4.78 is 5.24. The van der Waals surface area contributed by atoms with E-state index in [0.717, 1.165) is 6.08 Å². The van der Waals surface area contributed by atoms with Crippen LogP contribution in [0.1, 0.15) is 41.5 Å². The van der Waals surface area contributed by atoms with E-state index in [1.807, 2.05) is 0 Å². The second-order valence-electron chi connectivity index (χ2n) is 6.02. The van der Waals surface area contributed by atoms with Crippen LogP contribution in [0.2, 0.25) is 0 Å². The average Bonchev–Trinajstić information content (AvgIpc) is 2.21. The van der Waals surface area contributed by atoms with Crippen molar-refractivity contribution in [3.05, 3.63) is 11.8 Å². The lowest BCUT2D eigenvalue weighted by atomic mass is 10.0. The van der Waals surface area contributed by atoms with Crippen LogP contribution in [0.15, 0.2) is 11.8 Å². The number of esters is 1. The number of carbonyl (C=O) groups excluding carboxylic acids is 2. The molecule has 21 heavy (non-hydrogen) atoms. The summed E-state index contributed by atoms with van der Waals surface area (Å²) in [5.74, 6) is -1.87. The molecular weight excluding hydrogens is 276 g/mol. The average molecular weight is 300 g/mol. The Kier molecular flexibility index (Phi) is 6.91. The van der Waals surface area contributed by atoms with Crippen molar-refractivity contribution in [2.45, 2.75) is 53.2 Å². The summed E-state index contributed by atoms with van der Waals surface area (Å²) in [7, 11) is 0. The molecule has 1 unspecified atom stereocenters. The Labute approximate surface area is 124 Å². The summed E-state index contributed by atoms with van der Waals surface area (Å²) in [4.78, 5) is 34.2. The molecule has 0 heterocycles. The van der Waals surface area contributed by atoms with Crippen LogP contribution >= 0.6 is 0 Å². The Hall–Kier alpha value is -2.05. The number of amides is 2. The molecule has 2 amide bonds. The zero-order chi connectivity index (χ0) is 16.8. The van der Waals surface area contributed by atoms with E-state index in [2.05, 4.69) is 10.6 Å². The third kappa shape index (κ3) is 8.67. The molecule has 0 aliphatic carbocycles. The molecule has 120 valence electrons. The zero-order valence-electron chi connectivity index (χ0n) is 13.3. The highest BCUT2D eigenvalue weighted by Gasteiger charge is 2.29. The van der Waals surface area contributed by atoms with E-state index in [9.17, 15) is 14.4 Å². The van der Waals surface area contributed by atoms with Crippen molar-refractivity contribution in [2.75, 3.05) is 0 Å². The molecule has 0 saturated carbocycles. The summed E-state index contributed by atoms with van der Waals surface area (Å²) in [6.45, 7) is 10.2. The van der Waals surface area contributed by atoms with Gasteiger partial charge >= 0.3 is 18.0 Å². The molecule has 0 bridgehead atoms. The second-order valence-corrected chi connectivity index (χ2v) is 6.02. The molecule has 7 nitrogen and oxygen atoms in total. The number of carbonyl (C=O) groups is 3. The first kappa shape index (κ1) is 18.9. The van der Waals surface area contributed by atoms with Crippen LogP contribution in [0.3, 0.4) is 0 Å². The fraction of sp³-hybridized carbons (Fsp3) is 0.643. The van der Waals surface area contributed by atoms with Crippen molar-refractivity contribution in [1.82, 2.24) is 10.6 Å². The van der Waals surface area contributed by atoms with Gasteiger partial charge in [-0.15, -0.1) is 0 Å². The Bertz CT molecular complexity index is 435. The van der Waals surface area contributed by atoms with Crippen molar-refractivity contribution in [3.8, 4) is 0 Å². The number of nitrogens with one attached hydrogen (secondary N) is 2. The van der Waals surface area contributed by atoms with E-state index in [1.54, 1.807) is 34.6 Å². The van der Waals surface area contributed by atoms with Gasteiger partial charge in [0.2, 0.25) is 0 Å². The molecule has 0 aromatic rings. The van der Waals surface area contributed by atoms with Crippen molar-refractivity contribution in [2.24, 2.45) is 5.92 Å². The van der Waals surface area contributed by atoms with Crippen molar-refractivity contribution >= 4 is 18.0 Å². The number of ether oxygens (including phenoxy) is 1. The van der Waals surface area contributed by atoms with Crippen LogP contribution in [-0.2, 0) is 14.3 Å². The van der Waals surface area contributed by atoms with Crippen LogP contribution in [0.4, 0.5) is 4.79 Å². The highest BCUT2D eigenvalue weighted by Crippen LogP contribution is 2.12. The van der Waals surface area contributed by atoms with Gasteiger partial charge in [-0.2, -0.15) is 0 Å². The topological polar surface area (TPSA) is 105 Å². The van der Waals surface area contributed by atoms with Crippen molar-refractivity contribution < 1.29 is 24.2 Å². The fourth-order valence-electron chi connectivity index (χ4n) is 1.44. The van der Waals surface area contributed by atoms with Gasteiger partial charge < -0.3 is 20.5 Å². The highest BCUT2D eigenvalue weighted by atomic mass is 16.6. The number of urea groups is 1. The Morgan fingerprint density at radius 2 is 1.71 bits per heavy atom. The number of rotatable bonds is 5. The van der Waals surface area contributed by atoms with E-state index in [1.165, 1.54) is 6.92 Å². The maximum Gasteiger partial charge on any atom is 0.330 e. The lowest BCUT2D eigenvalue weighted by molar-refractivity contribution is -0.158. The Morgan fingerprint density at radius 1 is 1.19 bits per heavy atom. The molecule has 0 aliphatic heterocycles. The van der Waals surface area contributed by atoms with Crippen LogP contribution in [0.25, 0.3) is 0 Å². The predicted molar refractivity (Wildman–Crippen MR) is 77.5 cm³/mol. The molecule has 0 aromatic heterocycles. The standard InChI is InChI=1S/C14H24N2O5/c1-8(2)11(12(19)21-14(4,5)6)16-13(20)15-9(3)7-10(17)18/h7-8,11H,1-6H3,(H,17,18)(H2,15,16,20). The molecule has 7 heteroatoms. The number of aliphatic carboxylic acids is 1.